The van der Waals surface area contributed by atoms with Crippen molar-refractivity contribution in [1.82, 2.24) is 14.9 Å². The first-order valence-electron chi connectivity index (χ1n) is 8.79. The Morgan fingerprint density at radius 1 is 1.27 bits per heavy atom. The van der Waals surface area contributed by atoms with E-state index in [1.807, 2.05) is 17.0 Å². The summed E-state index contributed by atoms with van der Waals surface area (Å²) in [5.41, 5.74) is 1.34. The van der Waals surface area contributed by atoms with Gasteiger partial charge in [0.05, 0.1) is 6.20 Å². The van der Waals surface area contributed by atoms with Gasteiger partial charge in [0, 0.05) is 42.7 Å². The molecule has 7 heteroatoms. The lowest BCUT2D eigenvalue weighted by Gasteiger charge is -2.35. The van der Waals surface area contributed by atoms with Crippen molar-refractivity contribution in [3.63, 3.8) is 0 Å². The second-order valence-corrected chi connectivity index (χ2v) is 6.38. The second kappa shape index (κ2) is 8.42. The van der Waals surface area contributed by atoms with Gasteiger partial charge in [0.25, 0.3) is 5.91 Å². The van der Waals surface area contributed by atoms with Crippen LogP contribution in [0.1, 0.15) is 42.5 Å². The van der Waals surface area contributed by atoms with Crippen molar-refractivity contribution < 1.29 is 14.7 Å². The molecule has 0 bridgehead atoms. The van der Waals surface area contributed by atoms with E-state index in [4.69, 9.17) is 5.11 Å². The van der Waals surface area contributed by atoms with Gasteiger partial charge in [-0.1, -0.05) is 6.07 Å². The van der Waals surface area contributed by atoms with Crippen molar-refractivity contribution in [2.24, 2.45) is 0 Å². The first kappa shape index (κ1) is 17.8. The number of aliphatic carboxylic acids is 1. The average molecular weight is 354 g/mol. The number of hydrogen-bond donors (Lipinski definition) is 2. The molecule has 1 amide bonds. The predicted octanol–water partition coefficient (Wildman–Crippen LogP) is 3.08. The number of aromatic nitrogens is 2. The third kappa shape index (κ3) is 4.56. The Morgan fingerprint density at radius 2 is 2.15 bits per heavy atom. The number of carboxylic acid groups (broad SMARTS) is 1. The zero-order valence-electron chi connectivity index (χ0n) is 14.5. The Labute approximate surface area is 152 Å². The number of nitrogens with one attached hydrogen (secondary N) is 1. The minimum absolute atomic E-state index is 0.0102. The van der Waals surface area contributed by atoms with Gasteiger partial charge in [-0.15, -0.1) is 0 Å². The average Bonchev–Trinajstić information content (AvgIpc) is 2.67. The Morgan fingerprint density at radius 3 is 2.92 bits per heavy atom. The summed E-state index contributed by atoms with van der Waals surface area (Å²) in [6, 6.07) is 7.25. The standard InChI is InChI=1S/C19H22N4O3/c24-18(25)8-7-16-6-1-2-11-23(16)19(26)14-4-3-5-15(12-14)22-17-13-20-9-10-21-17/h3-5,9-10,12-13,16H,1-2,6-8,11H2,(H,21,22)(H,24,25)/t16-/m1/s1. The van der Waals surface area contributed by atoms with Gasteiger partial charge in [0.15, 0.2) is 0 Å². The number of nitrogens with zero attached hydrogens (tertiary/aromatic N) is 3. The highest BCUT2D eigenvalue weighted by Gasteiger charge is 2.27. The molecule has 136 valence electrons. The fourth-order valence-corrected chi connectivity index (χ4v) is 3.27. The minimum Gasteiger partial charge on any atom is -0.481 e. The molecule has 2 aromatic rings. The van der Waals surface area contributed by atoms with Crippen molar-refractivity contribution >= 4 is 23.4 Å². The maximum absolute atomic E-state index is 13.0. The van der Waals surface area contributed by atoms with E-state index in [-0.39, 0.29) is 18.4 Å². The van der Waals surface area contributed by atoms with Crippen LogP contribution in [0.2, 0.25) is 0 Å². The summed E-state index contributed by atoms with van der Waals surface area (Å²) in [6.45, 7) is 0.672. The van der Waals surface area contributed by atoms with Crippen LogP contribution >= 0.6 is 0 Å². The lowest BCUT2D eigenvalue weighted by Crippen LogP contribution is -2.44. The lowest BCUT2D eigenvalue weighted by atomic mass is 9.97. The Balaban J connectivity index is 1.73. The molecule has 0 spiro atoms. The summed E-state index contributed by atoms with van der Waals surface area (Å²) in [5, 5.41) is 12.1. The fourth-order valence-electron chi connectivity index (χ4n) is 3.27. The van der Waals surface area contributed by atoms with E-state index in [1.54, 1.807) is 30.7 Å². The Bertz CT molecular complexity index is 766. The third-order valence-corrected chi connectivity index (χ3v) is 4.52. The van der Waals surface area contributed by atoms with E-state index < -0.39 is 5.97 Å². The molecule has 7 nitrogen and oxygen atoms in total. The summed E-state index contributed by atoms with van der Waals surface area (Å²) in [4.78, 5) is 33.9. The van der Waals surface area contributed by atoms with Crippen molar-refractivity contribution in [1.29, 1.82) is 0 Å². The summed E-state index contributed by atoms with van der Waals surface area (Å²) < 4.78 is 0. The van der Waals surface area contributed by atoms with Crippen LogP contribution < -0.4 is 5.32 Å². The van der Waals surface area contributed by atoms with Crippen LogP contribution in [0.5, 0.6) is 0 Å². The zero-order chi connectivity index (χ0) is 18.4. The molecule has 1 aromatic heterocycles. The van der Waals surface area contributed by atoms with Crippen molar-refractivity contribution in [3.8, 4) is 0 Å². The second-order valence-electron chi connectivity index (χ2n) is 6.38. The van der Waals surface area contributed by atoms with E-state index in [1.165, 1.54) is 0 Å². The number of hydrogen-bond acceptors (Lipinski definition) is 5. The molecule has 0 saturated carbocycles. The molecule has 2 heterocycles. The number of carbonyl (C=O) groups excluding carboxylic acids is 1. The molecule has 26 heavy (non-hydrogen) atoms. The minimum atomic E-state index is -0.821. The number of amides is 1. The third-order valence-electron chi connectivity index (χ3n) is 4.52. The van der Waals surface area contributed by atoms with Gasteiger partial charge in [-0.05, 0) is 43.9 Å². The van der Waals surface area contributed by atoms with Crippen LogP contribution in [0.4, 0.5) is 11.5 Å². The van der Waals surface area contributed by atoms with Gasteiger partial charge in [-0.25, -0.2) is 4.98 Å². The number of carboxylic acids is 1. The van der Waals surface area contributed by atoms with Gasteiger partial charge in [0.2, 0.25) is 0 Å². The number of rotatable bonds is 6. The Hall–Kier alpha value is -2.96. The summed E-state index contributed by atoms with van der Waals surface area (Å²) in [5.74, 6) is -0.268. The molecule has 1 fully saturated rings. The van der Waals surface area contributed by atoms with Crippen LogP contribution in [-0.2, 0) is 4.79 Å². The topological polar surface area (TPSA) is 95.4 Å². The van der Waals surface area contributed by atoms with Crippen molar-refractivity contribution in [2.45, 2.75) is 38.1 Å². The normalized spacial score (nSPS) is 16.9. The molecule has 0 radical (unpaired) electrons. The highest BCUT2D eigenvalue weighted by molar-refractivity contribution is 5.95. The summed E-state index contributed by atoms with van der Waals surface area (Å²) in [6.07, 6.45) is 8.23. The molecular weight excluding hydrogens is 332 g/mol. The van der Waals surface area contributed by atoms with Crippen LogP contribution in [-0.4, -0.2) is 44.4 Å². The molecule has 0 aliphatic carbocycles. The van der Waals surface area contributed by atoms with Crippen LogP contribution in [0.15, 0.2) is 42.9 Å². The summed E-state index contributed by atoms with van der Waals surface area (Å²) in [7, 11) is 0. The van der Waals surface area contributed by atoms with E-state index in [9.17, 15) is 9.59 Å². The summed E-state index contributed by atoms with van der Waals surface area (Å²) >= 11 is 0. The molecule has 1 atom stereocenters. The van der Waals surface area contributed by atoms with Crippen molar-refractivity contribution in [3.05, 3.63) is 48.4 Å². The maximum atomic E-state index is 13.0. The molecule has 0 unspecified atom stereocenters. The van der Waals surface area contributed by atoms with Gasteiger partial charge in [0.1, 0.15) is 5.82 Å². The number of anilines is 2. The molecular formula is C19H22N4O3. The van der Waals surface area contributed by atoms with Crippen molar-refractivity contribution in [2.75, 3.05) is 11.9 Å². The quantitative estimate of drug-likeness (QED) is 0.828. The van der Waals surface area contributed by atoms with Gasteiger partial charge >= 0.3 is 5.97 Å². The highest BCUT2D eigenvalue weighted by atomic mass is 16.4. The molecule has 1 aromatic carbocycles. The SMILES string of the molecule is O=C(O)CC[C@H]1CCCCN1C(=O)c1cccc(Nc2cnccn2)c1. The first-order chi connectivity index (χ1) is 12.6. The van der Waals surface area contributed by atoms with Gasteiger partial charge in [-0.2, -0.15) is 0 Å². The van der Waals surface area contributed by atoms with Crippen LogP contribution in [0.3, 0.4) is 0 Å². The largest absolute Gasteiger partial charge is 0.481 e. The monoisotopic (exact) mass is 354 g/mol. The molecule has 2 N–H and O–H groups in total. The van der Waals surface area contributed by atoms with Crippen LogP contribution in [0.25, 0.3) is 0 Å². The van der Waals surface area contributed by atoms with Gasteiger partial charge < -0.3 is 15.3 Å². The fraction of sp³-hybridized carbons (Fsp3) is 0.368. The van der Waals surface area contributed by atoms with E-state index >= 15 is 0 Å². The predicted molar refractivity (Wildman–Crippen MR) is 97.3 cm³/mol. The van der Waals surface area contributed by atoms with E-state index in [0.29, 0.717) is 24.3 Å². The smallest absolute Gasteiger partial charge is 0.303 e. The molecule has 1 saturated heterocycles. The highest BCUT2D eigenvalue weighted by Crippen LogP contribution is 2.24. The van der Waals surface area contributed by atoms with Crippen LogP contribution in [0, 0.1) is 0 Å². The lowest BCUT2D eigenvalue weighted by molar-refractivity contribution is -0.137. The zero-order valence-corrected chi connectivity index (χ0v) is 14.5. The van der Waals surface area contributed by atoms with Gasteiger partial charge in [-0.3, -0.25) is 14.6 Å². The molecule has 1 aliphatic heterocycles. The van der Waals surface area contributed by atoms with E-state index in [2.05, 4.69) is 15.3 Å². The number of benzene rings is 1. The maximum Gasteiger partial charge on any atom is 0.303 e. The number of carbonyl (C=O) groups is 2. The Kier molecular flexibility index (Phi) is 5.78. The number of likely N-dealkylation sites (tertiary alicyclic amines) is 1. The van der Waals surface area contributed by atoms with E-state index in [0.717, 1.165) is 24.9 Å². The number of piperidine rings is 1. The first-order valence-corrected chi connectivity index (χ1v) is 8.79. The molecule has 3 rings (SSSR count). The molecule has 1 aliphatic rings.